The smallest absolute Gasteiger partial charge is 0.306 e. The first-order chi connectivity index (χ1) is 24.2. The third-order valence-corrected chi connectivity index (χ3v) is 8.96. The number of rotatable bonds is 35. The van der Waals surface area contributed by atoms with Crippen LogP contribution >= 0.6 is 0 Å². The van der Waals surface area contributed by atoms with E-state index in [0.717, 1.165) is 50.5 Å². The SMILES string of the molecule is CCCCC/C=C\C/C=C\CCCCCCCC(=O)O[C@H](COCc1ccccc1)COC(=O)CCCCCCCCCCCCCCC. The lowest BCUT2D eigenvalue weighted by Gasteiger charge is -2.18. The van der Waals surface area contributed by atoms with Crippen molar-refractivity contribution in [1.82, 2.24) is 0 Å². The maximum atomic E-state index is 12.6. The molecule has 0 radical (unpaired) electrons. The molecule has 0 N–H and O–H groups in total. The van der Waals surface area contributed by atoms with Crippen molar-refractivity contribution >= 4 is 11.9 Å². The van der Waals surface area contributed by atoms with Crippen molar-refractivity contribution in [3.8, 4) is 0 Å². The number of carbonyl (C=O) groups is 2. The van der Waals surface area contributed by atoms with Gasteiger partial charge in [0.2, 0.25) is 0 Å². The van der Waals surface area contributed by atoms with Crippen LogP contribution in [0.3, 0.4) is 0 Å². The van der Waals surface area contributed by atoms with Crippen LogP contribution in [0.1, 0.15) is 186 Å². The number of benzene rings is 1. The Kier molecular flexibility index (Phi) is 32.3. The van der Waals surface area contributed by atoms with Gasteiger partial charge in [0.05, 0.1) is 13.2 Å². The Balaban J connectivity index is 2.19. The molecule has 0 aliphatic heterocycles. The van der Waals surface area contributed by atoms with Crippen molar-refractivity contribution in [3.05, 3.63) is 60.2 Å². The highest BCUT2D eigenvalue weighted by atomic mass is 16.6. The van der Waals surface area contributed by atoms with Crippen LogP contribution in [0.25, 0.3) is 0 Å². The van der Waals surface area contributed by atoms with Gasteiger partial charge in [0, 0.05) is 12.8 Å². The molecule has 0 aliphatic carbocycles. The highest BCUT2D eigenvalue weighted by Gasteiger charge is 2.17. The molecule has 280 valence electrons. The van der Waals surface area contributed by atoms with E-state index in [2.05, 4.69) is 38.2 Å². The van der Waals surface area contributed by atoms with Gasteiger partial charge in [-0.15, -0.1) is 0 Å². The summed E-state index contributed by atoms with van der Waals surface area (Å²) in [6.07, 6.45) is 38.4. The van der Waals surface area contributed by atoms with Gasteiger partial charge in [0.25, 0.3) is 0 Å². The summed E-state index contributed by atoms with van der Waals surface area (Å²) in [5.41, 5.74) is 1.05. The van der Waals surface area contributed by atoms with Crippen molar-refractivity contribution in [2.24, 2.45) is 0 Å². The van der Waals surface area contributed by atoms with Gasteiger partial charge in [0.15, 0.2) is 6.10 Å². The highest BCUT2D eigenvalue weighted by Crippen LogP contribution is 2.14. The Morgan fingerprint density at radius 1 is 0.551 bits per heavy atom. The van der Waals surface area contributed by atoms with Crippen LogP contribution in [0.15, 0.2) is 54.6 Å². The Labute approximate surface area is 302 Å². The molecule has 0 bridgehead atoms. The quantitative estimate of drug-likeness (QED) is 0.0405. The van der Waals surface area contributed by atoms with E-state index in [0.29, 0.717) is 19.4 Å². The molecule has 0 aromatic heterocycles. The second kappa shape index (κ2) is 35.4. The summed E-state index contributed by atoms with van der Waals surface area (Å²) in [4.78, 5) is 25.1. The van der Waals surface area contributed by atoms with Gasteiger partial charge in [-0.05, 0) is 50.5 Å². The fourth-order valence-corrected chi connectivity index (χ4v) is 5.87. The molecule has 0 unspecified atom stereocenters. The monoisotopic (exact) mass is 683 g/mol. The van der Waals surface area contributed by atoms with E-state index in [9.17, 15) is 9.59 Å². The maximum Gasteiger partial charge on any atom is 0.306 e. The van der Waals surface area contributed by atoms with Crippen LogP contribution in [0.4, 0.5) is 0 Å². The van der Waals surface area contributed by atoms with Crippen molar-refractivity contribution in [1.29, 1.82) is 0 Å². The number of hydrogen-bond donors (Lipinski definition) is 0. The van der Waals surface area contributed by atoms with Gasteiger partial charge in [-0.25, -0.2) is 0 Å². The molecule has 5 nitrogen and oxygen atoms in total. The zero-order valence-electron chi connectivity index (χ0n) is 31.8. The summed E-state index contributed by atoms with van der Waals surface area (Å²) in [7, 11) is 0. The van der Waals surface area contributed by atoms with Crippen LogP contribution in [-0.4, -0.2) is 31.3 Å². The van der Waals surface area contributed by atoms with Crippen molar-refractivity contribution in [3.63, 3.8) is 0 Å². The van der Waals surface area contributed by atoms with Gasteiger partial charge in [-0.3, -0.25) is 9.59 Å². The van der Waals surface area contributed by atoms with E-state index in [1.807, 2.05) is 30.3 Å². The third kappa shape index (κ3) is 31.3. The zero-order chi connectivity index (χ0) is 35.3. The van der Waals surface area contributed by atoms with Crippen LogP contribution < -0.4 is 0 Å². The number of allylic oxidation sites excluding steroid dienone is 4. The lowest BCUT2D eigenvalue weighted by Crippen LogP contribution is -2.29. The normalized spacial score (nSPS) is 12.2. The molecule has 1 aromatic carbocycles. The van der Waals surface area contributed by atoms with Gasteiger partial charge >= 0.3 is 11.9 Å². The van der Waals surface area contributed by atoms with Crippen molar-refractivity contribution in [2.75, 3.05) is 13.2 Å². The molecule has 0 fully saturated rings. The molecule has 1 atom stereocenters. The number of esters is 2. The number of carbonyl (C=O) groups excluding carboxylic acids is 2. The number of unbranched alkanes of at least 4 members (excludes halogenated alkanes) is 20. The average Bonchev–Trinajstić information content (AvgIpc) is 3.11. The Bertz CT molecular complexity index is 925. The molecule has 0 amide bonds. The average molecular weight is 683 g/mol. The molecular weight excluding hydrogens is 608 g/mol. The minimum absolute atomic E-state index is 0.0416. The number of hydrogen-bond acceptors (Lipinski definition) is 5. The van der Waals surface area contributed by atoms with Crippen molar-refractivity contribution in [2.45, 2.75) is 193 Å². The summed E-state index contributed by atoms with van der Waals surface area (Å²) in [6, 6.07) is 9.92. The fraction of sp³-hybridized carbons (Fsp3) is 0.727. The molecule has 0 aliphatic rings. The molecule has 0 heterocycles. The summed E-state index contributed by atoms with van der Waals surface area (Å²) >= 11 is 0. The highest BCUT2D eigenvalue weighted by molar-refractivity contribution is 5.70. The van der Waals surface area contributed by atoms with E-state index in [1.54, 1.807) is 0 Å². The standard InChI is InChI=1S/C44H74O5/c1-3-5-7-9-11-13-15-17-18-20-22-24-26-28-33-37-44(46)49-42(39-47-38-41-34-30-29-31-35-41)40-48-43(45)36-32-27-25-23-21-19-16-14-12-10-8-6-4-2/h11,13,17-18,29-31,34-35,42H,3-10,12,14-16,19-28,32-33,36-40H2,1-2H3/b13-11-,18-17-/t42-/m1/s1. The predicted octanol–water partition coefficient (Wildman–Crippen LogP) is 13.0. The van der Waals surface area contributed by atoms with E-state index >= 15 is 0 Å². The minimum atomic E-state index is -0.593. The summed E-state index contributed by atoms with van der Waals surface area (Å²) < 4.78 is 17.1. The van der Waals surface area contributed by atoms with Crippen LogP contribution in [-0.2, 0) is 30.4 Å². The maximum absolute atomic E-state index is 12.6. The minimum Gasteiger partial charge on any atom is -0.462 e. The van der Waals surface area contributed by atoms with E-state index < -0.39 is 6.10 Å². The fourth-order valence-electron chi connectivity index (χ4n) is 5.87. The molecule has 5 heteroatoms. The topological polar surface area (TPSA) is 61.8 Å². The van der Waals surface area contributed by atoms with Crippen LogP contribution in [0.2, 0.25) is 0 Å². The lowest BCUT2D eigenvalue weighted by atomic mass is 10.0. The van der Waals surface area contributed by atoms with Crippen LogP contribution in [0.5, 0.6) is 0 Å². The van der Waals surface area contributed by atoms with Gasteiger partial charge in [0.1, 0.15) is 6.61 Å². The summed E-state index contributed by atoms with van der Waals surface area (Å²) in [5.74, 6) is -0.465. The summed E-state index contributed by atoms with van der Waals surface area (Å²) in [5, 5.41) is 0. The molecule has 1 aromatic rings. The first-order valence-electron chi connectivity index (χ1n) is 20.4. The Hall–Kier alpha value is -2.40. The predicted molar refractivity (Wildman–Crippen MR) is 207 cm³/mol. The molecular formula is C44H74O5. The van der Waals surface area contributed by atoms with Gasteiger partial charge < -0.3 is 14.2 Å². The van der Waals surface area contributed by atoms with Crippen LogP contribution in [0, 0.1) is 0 Å². The van der Waals surface area contributed by atoms with E-state index in [4.69, 9.17) is 14.2 Å². The van der Waals surface area contributed by atoms with Gasteiger partial charge in [-0.1, -0.05) is 178 Å². The third-order valence-electron chi connectivity index (χ3n) is 8.96. The molecule has 49 heavy (non-hydrogen) atoms. The first-order valence-corrected chi connectivity index (χ1v) is 20.4. The first kappa shape index (κ1) is 44.6. The lowest BCUT2D eigenvalue weighted by molar-refractivity contribution is -0.163. The molecule has 0 spiro atoms. The molecule has 1 rings (SSSR count). The zero-order valence-corrected chi connectivity index (χ0v) is 31.8. The number of ether oxygens (including phenoxy) is 3. The van der Waals surface area contributed by atoms with Crippen molar-refractivity contribution < 1.29 is 23.8 Å². The Morgan fingerprint density at radius 3 is 1.59 bits per heavy atom. The van der Waals surface area contributed by atoms with E-state index in [-0.39, 0.29) is 25.2 Å². The second-order valence-corrected chi connectivity index (χ2v) is 13.8. The van der Waals surface area contributed by atoms with E-state index in [1.165, 1.54) is 109 Å². The molecule has 0 saturated heterocycles. The summed E-state index contributed by atoms with van der Waals surface area (Å²) in [6.45, 7) is 5.18. The molecule has 0 saturated carbocycles. The Morgan fingerprint density at radius 2 is 1.02 bits per heavy atom. The second-order valence-electron chi connectivity index (χ2n) is 13.8. The largest absolute Gasteiger partial charge is 0.462 e. The van der Waals surface area contributed by atoms with Gasteiger partial charge in [-0.2, -0.15) is 0 Å².